The minimum absolute atomic E-state index is 0.165. The molecule has 0 bridgehead atoms. The van der Waals surface area contributed by atoms with Crippen molar-refractivity contribution in [3.63, 3.8) is 0 Å². The van der Waals surface area contributed by atoms with Crippen molar-refractivity contribution < 1.29 is 9.53 Å². The van der Waals surface area contributed by atoms with Crippen LogP contribution in [0.5, 0.6) is 11.5 Å². The summed E-state index contributed by atoms with van der Waals surface area (Å²) < 4.78 is 7.21. The Bertz CT molecular complexity index is 1480. The molecule has 208 valence electrons. The number of amides is 1. The molecular weight excluding hydrogens is 542 g/mol. The van der Waals surface area contributed by atoms with Gasteiger partial charge in [-0.2, -0.15) is 0 Å². The number of nitrogens with zero attached hydrogens (tertiary/aromatic N) is 2. The van der Waals surface area contributed by atoms with E-state index in [1.165, 1.54) is 10.1 Å². The number of hydrogen-bond acceptors (Lipinski definition) is 7. The number of piperidine rings is 1. The summed E-state index contributed by atoms with van der Waals surface area (Å²) in [7, 11) is 0. The van der Waals surface area contributed by atoms with Gasteiger partial charge in [0.15, 0.2) is 0 Å². The van der Waals surface area contributed by atoms with Gasteiger partial charge >= 0.3 is 0 Å². The average molecular weight is 576 g/mol. The van der Waals surface area contributed by atoms with E-state index in [0.717, 1.165) is 61.5 Å². The summed E-state index contributed by atoms with van der Waals surface area (Å²) in [4.78, 5) is 21.0. The number of thiophene rings is 1. The molecule has 0 aliphatic carbocycles. The van der Waals surface area contributed by atoms with Crippen molar-refractivity contribution in [1.29, 1.82) is 0 Å². The minimum Gasteiger partial charge on any atom is -0.456 e. The highest BCUT2D eigenvalue weighted by atomic mass is 35.5. The van der Waals surface area contributed by atoms with Crippen molar-refractivity contribution in [2.75, 3.05) is 25.0 Å². The first kappa shape index (κ1) is 28.1. The lowest BCUT2D eigenvalue weighted by molar-refractivity contribution is -0.122. The molecular formula is C31H34ClN5O2S. The van der Waals surface area contributed by atoms with E-state index in [1.54, 1.807) is 17.7 Å². The number of carbonyl (C=O) groups excluding carboxylic acids is 1. The topological polar surface area (TPSA) is 88.2 Å². The molecule has 3 N–H and O–H groups in total. The fraction of sp³-hybridized carbons (Fsp3) is 0.323. The second kappa shape index (κ2) is 13.7. The van der Waals surface area contributed by atoms with Gasteiger partial charge in [-0.15, -0.1) is 11.3 Å². The Morgan fingerprint density at radius 2 is 2.05 bits per heavy atom. The van der Waals surface area contributed by atoms with Crippen LogP contribution in [0.1, 0.15) is 43.4 Å². The lowest BCUT2D eigenvalue weighted by Crippen LogP contribution is -2.32. The maximum atomic E-state index is 12.2. The molecule has 7 nitrogen and oxygen atoms in total. The van der Waals surface area contributed by atoms with Gasteiger partial charge < -0.3 is 20.7 Å². The van der Waals surface area contributed by atoms with Gasteiger partial charge in [-0.25, -0.2) is 9.97 Å². The molecule has 1 saturated heterocycles. The van der Waals surface area contributed by atoms with Gasteiger partial charge in [-0.3, -0.25) is 4.79 Å². The number of aromatic nitrogens is 2. The van der Waals surface area contributed by atoms with Gasteiger partial charge in [-0.05, 0) is 111 Å². The van der Waals surface area contributed by atoms with Crippen molar-refractivity contribution in [3.8, 4) is 11.5 Å². The molecule has 1 aliphatic heterocycles. The molecule has 0 atom stereocenters. The van der Waals surface area contributed by atoms with Crippen LogP contribution in [0.4, 0.5) is 11.5 Å². The molecule has 4 aromatic rings. The number of halogens is 1. The third kappa shape index (κ3) is 7.59. The maximum Gasteiger partial charge on any atom is 0.220 e. The molecule has 2 aromatic carbocycles. The van der Waals surface area contributed by atoms with Crippen LogP contribution >= 0.6 is 22.9 Å². The highest BCUT2D eigenvalue weighted by Gasteiger charge is 2.16. The van der Waals surface area contributed by atoms with Crippen molar-refractivity contribution in [2.45, 2.75) is 39.0 Å². The summed E-state index contributed by atoms with van der Waals surface area (Å²) in [6.45, 7) is 4.71. The van der Waals surface area contributed by atoms with Crippen molar-refractivity contribution in [1.82, 2.24) is 20.6 Å². The first-order valence-electron chi connectivity index (χ1n) is 13.7. The van der Waals surface area contributed by atoms with Crippen LogP contribution in [-0.4, -0.2) is 35.5 Å². The Balaban J connectivity index is 1.11. The predicted molar refractivity (Wildman–Crippen MR) is 165 cm³/mol. The van der Waals surface area contributed by atoms with E-state index in [0.29, 0.717) is 35.5 Å². The summed E-state index contributed by atoms with van der Waals surface area (Å²) in [5, 5.41) is 13.5. The summed E-state index contributed by atoms with van der Waals surface area (Å²) in [5.74, 6) is 2.73. The van der Waals surface area contributed by atoms with Crippen molar-refractivity contribution >= 4 is 56.5 Å². The third-order valence-corrected chi connectivity index (χ3v) is 8.23. The van der Waals surface area contributed by atoms with Crippen LogP contribution < -0.4 is 20.7 Å². The summed E-state index contributed by atoms with van der Waals surface area (Å²) in [6.07, 6.45) is 10.2. The zero-order valence-electron chi connectivity index (χ0n) is 22.6. The fourth-order valence-electron chi connectivity index (χ4n) is 4.74. The van der Waals surface area contributed by atoms with E-state index in [-0.39, 0.29) is 5.91 Å². The molecule has 0 radical (unpaired) electrons. The monoisotopic (exact) mass is 575 g/mol. The zero-order chi connectivity index (χ0) is 27.7. The number of nitrogens with one attached hydrogen (secondary N) is 3. The summed E-state index contributed by atoms with van der Waals surface area (Å²) >= 11 is 8.24. The molecule has 5 rings (SSSR count). The third-order valence-electron chi connectivity index (χ3n) is 7.05. The molecule has 0 unspecified atom stereocenters. The molecule has 3 heterocycles. The lowest BCUT2D eigenvalue weighted by Gasteiger charge is -2.21. The van der Waals surface area contributed by atoms with Gasteiger partial charge in [0.1, 0.15) is 23.6 Å². The van der Waals surface area contributed by atoms with Gasteiger partial charge in [0, 0.05) is 28.9 Å². The summed E-state index contributed by atoms with van der Waals surface area (Å²) in [6, 6.07) is 13.7. The van der Waals surface area contributed by atoms with Crippen LogP contribution in [0.15, 0.2) is 60.2 Å². The Labute approximate surface area is 244 Å². The van der Waals surface area contributed by atoms with E-state index in [1.807, 2.05) is 49.4 Å². The highest BCUT2D eigenvalue weighted by Crippen LogP contribution is 2.34. The number of ether oxygens (including phenoxy) is 1. The number of benzene rings is 2. The predicted octanol–water partition coefficient (Wildman–Crippen LogP) is 7.49. The standard InChI is InChI=1S/C31H34ClN5O2S/c1-21-27(5-3-2-4-13-34-30(38)17-22-10-14-33-15-11-22)35-20-36-31(21)37-24-7-9-28(26(32)18-24)39-25-8-6-23-12-16-40-29(23)19-25/h3,5-9,12,16,18-20,22,33H,2,4,10-11,13-15,17H2,1H3,(H,34,38)(H,35,36,37)/b5-3-. The molecule has 0 saturated carbocycles. The normalized spacial score (nSPS) is 14.1. The first-order valence-corrected chi connectivity index (χ1v) is 15.0. The Hall–Kier alpha value is -3.46. The largest absolute Gasteiger partial charge is 0.456 e. The maximum absolute atomic E-state index is 12.2. The van der Waals surface area contributed by atoms with Crippen LogP contribution in [0.2, 0.25) is 5.02 Å². The summed E-state index contributed by atoms with van der Waals surface area (Å²) in [5.41, 5.74) is 2.60. The SMILES string of the molecule is Cc1c(/C=C\CCCNC(=O)CC2CCNCC2)ncnc1Nc1ccc(Oc2ccc3ccsc3c2)c(Cl)c1. The van der Waals surface area contributed by atoms with Crippen LogP contribution in [-0.2, 0) is 4.79 Å². The van der Waals surface area contributed by atoms with Gasteiger partial charge in [0.05, 0.1) is 10.7 Å². The van der Waals surface area contributed by atoms with Crippen molar-refractivity contribution in [2.24, 2.45) is 5.92 Å². The number of allylic oxidation sites excluding steroid dienone is 1. The van der Waals surface area contributed by atoms with Crippen molar-refractivity contribution in [3.05, 3.63) is 76.5 Å². The quantitative estimate of drug-likeness (QED) is 0.161. The van der Waals surface area contributed by atoms with Gasteiger partial charge in [0.25, 0.3) is 0 Å². The van der Waals surface area contributed by atoms with E-state index < -0.39 is 0 Å². The van der Waals surface area contributed by atoms with E-state index in [2.05, 4.69) is 43.4 Å². The van der Waals surface area contributed by atoms with E-state index in [9.17, 15) is 4.79 Å². The molecule has 1 aliphatic rings. The number of fused-ring (bicyclic) bond motifs is 1. The average Bonchev–Trinajstić information content (AvgIpc) is 3.42. The number of carbonyl (C=O) groups is 1. The first-order chi connectivity index (χ1) is 19.5. The van der Waals surface area contributed by atoms with E-state index in [4.69, 9.17) is 16.3 Å². The molecule has 0 spiro atoms. The second-order valence-electron chi connectivity index (χ2n) is 10.0. The smallest absolute Gasteiger partial charge is 0.220 e. The highest BCUT2D eigenvalue weighted by molar-refractivity contribution is 7.17. The minimum atomic E-state index is 0.165. The number of hydrogen-bond donors (Lipinski definition) is 3. The van der Waals surface area contributed by atoms with Crippen LogP contribution in [0.25, 0.3) is 16.2 Å². The Morgan fingerprint density at radius 3 is 2.90 bits per heavy atom. The number of rotatable bonds is 11. The van der Waals surface area contributed by atoms with Crippen LogP contribution in [0.3, 0.4) is 0 Å². The molecule has 1 amide bonds. The number of unbranched alkanes of at least 4 members (excludes halogenated alkanes) is 1. The number of anilines is 2. The Kier molecular flexibility index (Phi) is 9.65. The Morgan fingerprint density at radius 1 is 1.18 bits per heavy atom. The fourth-order valence-corrected chi connectivity index (χ4v) is 5.78. The van der Waals surface area contributed by atoms with Crippen LogP contribution in [0, 0.1) is 12.8 Å². The second-order valence-corrected chi connectivity index (χ2v) is 11.4. The molecule has 40 heavy (non-hydrogen) atoms. The molecule has 9 heteroatoms. The van der Waals surface area contributed by atoms with E-state index >= 15 is 0 Å². The lowest BCUT2D eigenvalue weighted by atomic mass is 9.94. The molecule has 2 aromatic heterocycles. The molecule has 1 fully saturated rings. The zero-order valence-corrected chi connectivity index (χ0v) is 24.2. The van der Waals surface area contributed by atoms with Gasteiger partial charge in [-0.1, -0.05) is 17.7 Å². The van der Waals surface area contributed by atoms with Gasteiger partial charge in [0.2, 0.25) is 5.91 Å².